The Morgan fingerprint density at radius 1 is 1.47 bits per heavy atom. The first kappa shape index (κ1) is 16.7. The zero-order valence-corrected chi connectivity index (χ0v) is 13.8. The van der Waals surface area contributed by atoms with Gasteiger partial charge in [0.15, 0.2) is 5.96 Å². The minimum atomic E-state index is 0. The van der Waals surface area contributed by atoms with Crippen molar-refractivity contribution in [3.63, 3.8) is 0 Å². The monoisotopic (exact) mass is 367 g/mol. The molecule has 17 heavy (non-hydrogen) atoms. The molecule has 0 aliphatic carbocycles. The van der Waals surface area contributed by atoms with E-state index in [0.717, 1.165) is 25.5 Å². The van der Waals surface area contributed by atoms with Gasteiger partial charge in [-0.25, -0.2) is 0 Å². The molecule has 0 fully saturated rings. The second-order valence-corrected chi connectivity index (χ2v) is 4.92. The van der Waals surface area contributed by atoms with Gasteiger partial charge in [0.05, 0.1) is 0 Å². The second-order valence-electron chi connectivity index (χ2n) is 3.89. The SMILES string of the molecule is CCNC(=NCCc1cccs1)NC(C)C.I. The van der Waals surface area contributed by atoms with Crippen molar-refractivity contribution in [1.82, 2.24) is 10.6 Å². The van der Waals surface area contributed by atoms with Gasteiger partial charge in [-0.15, -0.1) is 35.3 Å². The molecule has 5 heteroatoms. The highest BCUT2D eigenvalue weighted by atomic mass is 127. The lowest BCUT2D eigenvalue weighted by Crippen LogP contribution is -2.41. The molecule has 0 bridgehead atoms. The van der Waals surface area contributed by atoms with Gasteiger partial charge in [-0.05, 0) is 32.2 Å². The van der Waals surface area contributed by atoms with Crippen LogP contribution >= 0.6 is 35.3 Å². The van der Waals surface area contributed by atoms with Gasteiger partial charge in [-0.1, -0.05) is 6.07 Å². The fraction of sp³-hybridized carbons (Fsp3) is 0.583. The summed E-state index contributed by atoms with van der Waals surface area (Å²) in [5.74, 6) is 0.911. The highest BCUT2D eigenvalue weighted by Crippen LogP contribution is 2.08. The van der Waals surface area contributed by atoms with Crippen LogP contribution in [0.5, 0.6) is 0 Å². The van der Waals surface area contributed by atoms with Crippen LogP contribution in [0.1, 0.15) is 25.6 Å². The van der Waals surface area contributed by atoms with Crippen molar-refractivity contribution >= 4 is 41.3 Å². The van der Waals surface area contributed by atoms with E-state index in [-0.39, 0.29) is 24.0 Å². The van der Waals surface area contributed by atoms with Crippen molar-refractivity contribution in [3.8, 4) is 0 Å². The fourth-order valence-electron chi connectivity index (χ4n) is 1.33. The number of aliphatic imine (C=N–C) groups is 1. The van der Waals surface area contributed by atoms with Crippen molar-refractivity contribution in [1.29, 1.82) is 0 Å². The minimum Gasteiger partial charge on any atom is -0.357 e. The summed E-state index contributed by atoms with van der Waals surface area (Å²) >= 11 is 1.79. The third-order valence-electron chi connectivity index (χ3n) is 1.98. The molecule has 0 aliphatic heterocycles. The number of hydrogen-bond donors (Lipinski definition) is 2. The third-order valence-corrected chi connectivity index (χ3v) is 2.91. The van der Waals surface area contributed by atoms with Crippen LogP contribution in [0, 0.1) is 0 Å². The van der Waals surface area contributed by atoms with Crippen LogP contribution in [-0.2, 0) is 6.42 Å². The lowest BCUT2D eigenvalue weighted by atomic mass is 10.3. The molecule has 0 atom stereocenters. The molecule has 0 aliphatic rings. The van der Waals surface area contributed by atoms with Crippen molar-refractivity contribution < 1.29 is 0 Å². The van der Waals surface area contributed by atoms with Gasteiger partial charge in [-0.2, -0.15) is 0 Å². The summed E-state index contributed by atoms with van der Waals surface area (Å²) in [5.41, 5.74) is 0. The summed E-state index contributed by atoms with van der Waals surface area (Å²) < 4.78 is 0. The highest BCUT2D eigenvalue weighted by molar-refractivity contribution is 14.0. The van der Waals surface area contributed by atoms with Crippen molar-refractivity contribution in [2.75, 3.05) is 13.1 Å². The number of halogens is 1. The van der Waals surface area contributed by atoms with E-state index in [2.05, 4.69) is 53.9 Å². The predicted octanol–water partition coefficient (Wildman–Crippen LogP) is 2.87. The Bertz CT molecular complexity index is 310. The minimum absolute atomic E-state index is 0. The summed E-state index contributed by atoms with van der Waals surface area (Å²) in [7, 11) is 0. The molecule has 0 saturated heterocycles. The van der Waals surface area contributed by atoms with Crippen LogP contribution in [0.25, 0.3) is 0 Å². The Labute approximate surface area is 125 Å². The number of rotatable bonds is 5. The largest absolute Gasteiger partial charge is 0.357 e. The van der Waals surface area contributed by atoms with E-state index in [0.29, 0.717) is 6.04 Å². The first-order chi connectivity index (χ1) is 7.72. The number of hydrogen-bond acceptors (Lipinski definition) is 2. The second kappa shape index (κ2) is 9.70. The van der Waals surface area contributed by atoms with E-state index in [1.807, 2.05) is 0 Å². The maximum atomic E-state index is 4.53. The maximum absolute atomic E-state index is 4.53. The molecular formula is C12H22IN3S. The van der Waals surface area contributed by atoms with Gasteiger partial charge >= 0.3 is 0 Å². The molecule has 0 radical (unpaired) electrons. The Hall–Kier alpha value is -0.300. The van der Waals surface area contributed by atoms with Crippen LogP contribution in [0.15, 0.2) is 22.5 Å². The summed E-state index contributed by atoms with van der Waals surface area (Å²) in [4.78, 5) is 5.92. The Morgan fingerprint density at radius 2 is 2.24 bits per heavy atom. The average molecular weight is 367 g/mol. The van der Waals surface area contributed by atoms with Crippen LogP contribution in [0.4, 0.5) is 0 Å². The summed E-state index contributed by atoms with van der Waals surface area (Å²) in [6.45, 7) is 8.05. The molecule has 0 aromatic carbocycles. The van der Waals surface area contributed by atoms with Gasteiger partial charge in [0, 0.05) is 30.4 Å². The zero-order chi connectivity index (χ0) is 11.8. The Kier molecular flexibility index (Phi) is 9.53. The lowest BCUT2D eigenvalue weighted by molar-refractivity contribution is 0.700. The predicted molar refractivity (Wildman–Crippen MR) is 87.7 cm³/mol. The van der Waals surface area contributed by atoms with Crippen molar-refractivity contribution in [3.05, 3.63) is 22.4 Å². The summed E-state index contributed by atoms with van der Waals surface area (Å²) in [5, 5.41) is 8.65. The van der Waals surface area contributed by atoms with E-state index in [9.17, 15) is 0 Å². The summed E-state index contributed by atoms with van der Waals surface area (Å²) in [6, 6.07) is 4.66. The Morgan fingerprint density at radius 3 is 2.76 bits per heavy atom. The topological polar surface area (TPSA) is 36.4 Å². The van der Waals surface area contributed by atoms with Crippen LogP contribution in [0.3, 0.4) is 0 Å². The molecule has 1 aromatic heterocycles. The molecule has 1 heterocycles. The Balaban J connectivity index is 0.00000256. The molecule has 0 unspecified atom stereocenters. The maximum Gasteiger partial charge on any atom is 0.191 e. The van der Waals surface area contributed by atoms with Crippen molar-refractivity contribution in [2.45, 2.75) is 33.2 Å². The highest BCUT2D eigenvalue weighted by Gasteiger charge is 1.99. The van der Waals surface area contributed by atoms with E-state index >= 15 is 0 Å². The molecule has 3 nitrogen and oxygen atoms in total. The van der Waals surface area contributed by atoms with Gasteiger partial charge < -0.3 is 10.6 Å². The van der Waals surface area contributed by atoms with E-state index in [4.69, 9.17) is 0 Å². The molecule has 1 rings (SSSR count). The number of guanidine groups is 1. The van der Waals surface area contributed by atoms with Gasteiger partial charge in [-0.3, -0.25) is 4.99 Å². The standard InChI is InChI=1S/C12H21N3S.HI/c1-4-13-12(15-10(2)3)14-8-7-11-6-5-9-16-11;/h5-6,9-10H,4,7-8H2,1-3H3,(H2,13,14,15);1H. The van der Waals surface area contributed by atoms with E-state index in [1.165, 1.54) is 4.88 Å². The van der Waals surface area contributed by atoms with Gasteiger partial charge in [0.1, 0.15) is 0 Å². The average Bonchev–Trinajstić information content (AvgIpc) is 2.70. The smallest absolute Gasteiger partial charge is 0.191 e. The molecule has 98 valence electrons. The quantitative estimate of drug-likeness (QED) is 0.477. The first-order valence-corrected chi connectivity index (χ1v) is 6.67. The molecule has 0 spiro atoms. The van der Waals surface area contributed by atoms with E-state index in [1.54, 1.807) is 11.3 Å². The zero-order valence-electron chi connectivity index (χ0n) is 10.7. The number of thiophene rings is 1. The fourth-order valence-corrected chi connectivity index (χ4v) is 2.02. The number of nitrogens with one attached hydrogen (secondary N) is 2. The molecule has 0 amide bonds. The van der Waals surface area contributed by atoms with Crippen LogP contribution in [-0.4, -0.2) is 25.1 Å². The molecule has 0 saturated carbocycles. The molecule has 2 N–H and O–H groups in total. The van der Waals surface area contributed by atoms with E-state index < -0.39 is 0 Å². The molecule has 1 aromatic rings. The van der Waals surface area contributed by atoms with Gasteiger partial charge in [0.2, 0.25) is 0 Å². The third kappa shape index (κ3) is 7.59. The first-order valence-electron chi connectivity index (χ1n) is 5.79. The molecular weight excluding hydrogens is 345 g/mol. The summed E-state index contributed by atoms with van der Waals surface area (Å²) in [6.07, 6.45) is 1.02. The normalized spacial score (nSPS) is 11.2. The van der Waals surface area contributed by atoms with Crippen LogP contribution in [0.2, 0.25) is 0 Å². The van der Waals surface area contributed by atoms with Gasteiger partial charge in [0.25, 0.3) is 0 Å². The lowest BCUT2D eigenvalue weighted by Gasteiger charge is -2.13. The number of nitrogens with zero attached hydrogens (tertiary/aromatic N) is 1. The van der Waals surface area contributed by atoms with Crippen molar-refractivity contribution in [2.24, 2.45) is 4.99 Å². The van der Waals surface area contributed by atoms with Crippen LogP contribution < -0.4 is 10.6 Å².